The molecule has 21 heavy (non-hydrogen) atoms. The number of aromatic nitrogens is 3. The van der Waals surface area contributed by atoms with Gasteiger partial charge in [0.2, 0.25) is 11.9 Å². The first kappa shape index (κ1) is 17.4. The number of hydrogen-bond donors (Lipinski definition) is 2. The Morgan fingerprint density at radius 3 is 2.38 bits per heavy atom. The Bertz CT molecular complexity index is 390. The molecule has 0 fully saturated rings. The average molecular weight is 297 g/mol. The van der Waals surface area contributed by atoms with E-state index in [1.54, 1.807) is 7.05 Å². The fourth-order valence-electron chi connectivity index (χ4n) is 1.53. The Morgan fingerprint density at radius 1 is 0.905 bits per heavy atom. The third-order valence-electron chi connectivity index (χ3n) is 2.66. The van der Waals surface area contributed by atoms with Gasteiger partial charge in [-0.2, -0.15) is 15.0 Å². The van der Waals surface area contributed by atoms with E-state index in [9.17, 15) is 0 Å². The summed E-state index contributed by atoms with van der Waals surface area (Å²) >= 11 is 0. The van der Waals surface area contributed by atoms with E-state index in [0.717, 1.165) is 45.4 Å². The van der Waals surface area contributed by atoms with Crippen molar-refractivity contribution in [1.29, 1.82) is 0 Å². The van der Waals surface area contributed by atoms with Gasteiger partial charge in [0.15, 0.2) is 0 Å². The summed E-state index contributed by atoms with van der Waals surface area (Å²) in [6.07, 6.45) is 4.11. The fraction of sp³-hybridized carbons (Fsp3) is 0.786. The maximum Gasteiger partial charge on any atom is 0.323 e. The van der Waals surface area contributed by atoms with E-state index < -0.39 is 0 Å². The van der Waals surface area contributed by atoms with Crippen LogP contribution in [0.25, 0.3) is 0 Å². The molecule has 0 bridgehead atoms. The molecule has 0 aliphatic rings. The number of hydrogen-bond acceptors (Lipinski definition) is 7. The standard InChI is InChI=1S/C14H27N5O2/c1-4-6-10-20-11-7-8-16-13-17-12(15-3)18-14(19-13)21-9-5-2/h4-11H2,1-3H3,(H2,15,16,17,18,19). The normalized spacial score (nSPS) is 10.4. The van der Waals surface area contributed by atoms with E-state index in [2.05, 4.69) is 32.5 Å². The van der Waals surface area contributed by atoms with Crippen molar-refractivity contribution in [3.63, 3.8) is 0 Å². The number of anilines is 2. The Morgan fingerprint density at radius 2 is 1.67 bits per heavy atom. The topological polar surface area (TPSA) is 81.2 Å². The van der Waals surface area contributed by atoms with Crippen LogP contribution >= 0.6 is 0 Å². The van der Waals surface area contributed by atoms with Crippen LogP contribution in [0.1, 0.15) is 39.5 Å². The van der Waals surface area contributed by atoms with E-state index in [1.165, 1.54) is 0 Å². The molecule has 1 aromatic heterocycles. The molecule has 1 aromatic rings. The number of nitrogens with one attached hydrogen (secondary N) is 2. The third-order valence-corrected chi connectivity index (χ3v) is 2.66. The minimum atomic E-state index is 0.345. The van der Waals surface area contributed by atoms with Crippen LogP contribution in [0.15, 0.2) is 0 Å². The summed E-state index contributed by atoms with van der Waals surface area (Å²) in [5.74, 6) is 1.02. The fourth-order valence-corrected chi connectivity index (χ4v) is 1.53. The van der Waals surface area contributed by atoms with Crippen LogP contribution < -0.4 is 15.4 Å². The summed E-state index contributed by atoms with van der Waals surface area (Å²) in [5.41, 5.74) is 0. The van der Waals surface area contributed by atoms with E-state index in [-0.39, 0.29) is 0 Å². The summed E-state index contributed by atoms with van der Waals surface area (Å²) in [4.78, 5) is 12.6. The van der Waals surface area contributed by atoms with Gasteiger partial charge in [-0.1, -0.05) is 20.3 Å². The van der Waals surface area contributed by atoms with Crippen LogP contribution in [-0.4, -0.2) is 48.4 Å². The van der Waals surface area contributed by atoms with Crippen molar-refractivity contribution in [3.8, 4) is 6.01 Å². The Balaban J connectivity index is 2.35. The quantitative estimate of drug-likeness (QED) is 0.573. The predicted molar refractivity (Wildman–Crippen MR) is 84.0 cm³/mol. The van der Waals surface area contributed by atoms with Gasteiger partial charge in [0.1, 0.15) is 0 Å². The molecular formula is C14H27N5O2. The molecule has 7 heteroatoms. The molecule has 0 aliphatic heterocycles. The van der Waals surface area contributed by atoms with E-state index in [0.29, 0.717) is 24.5 Å². The lowest BCUT2D eigenvalue weighted by Crippen LogP contribution is -2.12. The third kappa shape index (κ3) is 7.65. The summed E-state index contributed by atoms with van der Waals surface area (Å²) in [6, 6.07) is 0.345. The molecule has 1 rings (SSSR count). The molecule has 0 saturated heterocycles. The number of nitrogens with zero attached hydrogens (tertiary/aromatic N) is 3. The molecule has 0 saturated carbocycles. The molecule has 0 radical (unpaired) electrons. The van der Waals surface area contributed by atoms with Gasteiger partial charge in [0.25, 0.3) is 0 Å². The lowest BCUT2D eigenvalue weighted by molar-refractivity contribution is 0.131. The van der Waals surface area contributed by atoms with Crippen molar-refractivity contribution in [1.82, 2.24) is 15.0 Å². The highest BCUT2D eigenvalue weighted by Crippen LogP contribution is 2.10. The molecule has 2 N–H and O–H groups in total. The van der Waals surface area contributed by atoms with Crippen molar-refractivity contribution in [2.24, 2.45) is 0 Å². The van der Waals surface area contributed by atoms with Crippen molar-refractivity contribution in [2.75, 3.05) is 44.0 Å². The molecule has 0 atom stereocenters. The van der Waals surface area contributed by atoms with E-state index in [4.69, 9.17) is 9.47 Å². The zero-order chi connectivity index (χ0) is 15.3. The second-order valence-corrected chi connectivity index (χ2v) is 4.61. The second kappa shape index (κ2) is 11.1. The highest BCUT2D eigenvalue weighted by Gasteiger charge is 2.05. The Kier molecular flexibility index (Phi) is 9.19. The molecule has 1 heterocycles. The first-order chi connectivity index (χ1) is 10.3. The van der Waals surface area contributed by atoms with Crippen LogP contribution in [0.4, 0.5) is 11.9 Å². The summed E-state index contributed by atoms with van der Waals surface area (Å²) in [5, 5.41) is 6.07. The Hall–Kier alpha value is -1.63. The lowest BCUT2D eigenvalue weighted by Gasteiger charge is -2.09. The monoisotopic (exact) mass is 297 g/mol. The molecule has 7 nitrogen and oxygen atoms in total. The van der Waals surface area contributed by atoms with E-state index >= 15 is 0 Å². The number of rotatable bonds is 12. The van der Waals surface area contributed by atoms with Crippen molar-refractivity contribution >= 4 is 11.9 Å². The molecule has 0 amide bonds. The highest BCUT2D eigenvalue weighted by molar-refractivity contribution is 5.35. The summed E-state index contributed by atoms with van der Waals surface area (Å²) in [6.45, 7) is 7.13. The van der Waals surface area contributed by atoms with Crippen molar-refractivity contribution in [3.05, 3.63) is 0 Å². The van der Waals surface area contributed by atoms with Crippen LogP contribution in [0.5, 0.6) is 6.01 Å². The lowest BCUT2D eigenvalue weighted by atomic mass is 10.4. The van der Waals surface area contributed by atoms with Crippen LogP contribution in [-0.2, 0) is 4.74 Å². The van der Waals surface area contributed by atoms with E-state index in [1.807, 2.05) is 6.92 Å². The van der Waals surface area contributed by atoms with Gasteiger partial charge in [-0.3, -0.25) is 0 Å². The van der Waals surface area contributed by atoms with Crippen molar-refractivity contribution in [2.45, 2.75) is 39.5 Å². The molecule has 0 aromatic carbocycles. The van der Waals surface area contributed by atoms with Gasteiger partial charge in [-0.25, -0.2) is 0 Å². The largest absolute Gasteiger partial charge is 0.463 e. The maximum atomic E-state index is 5.50. The zero-order valence-electron chi connectivity index (χ0n) is 13.3. The van der Waals surface area contributed by atoms with Crippen LogP contribution in [0.2, 0.25) is 0 Å². The zero-order valence-corrected chi connectivity index (χ0v) is 13.3. The minimum Gasteiger partial charge on any atom is -0.463 e. The minimum absolute atomic E-state index is 0.345. The van der Waals surface area contributed by atoms with Gasteiger partial charge >= 0.3 is 6.01 Å². The predicted octanol–water partition coefficient (Wildman–Crippen LogP) is 2.32. The van der Waals surface area contributed by atoms with Crippen LogP contribution in [0, 0.1) is 0 Å². The average Bonchev–Trinajstić information content (AvgIpc) is 2.51. The van der Waals surface area contributed by atoms with Gasteiger partial charge < -0.3 is 20.1 Å². The van der Waals surface area contributed by atoms with Gasteiger partial charge in [-0.15, -0.1) is 0 Å². The molecular weight excluding hydrogens is 270 g/mol. The molecule has 120 valence electrons. The number of ether oxygens (including phenoxy) is 2. The van der Waals surface area contributed by atoms with Gasteiger partial charge in [0, 0.05) is 26.8 Å². The molecule has 0 unspecified atom stereocenters. The first-order valence-corrected chi connectivity index (χ1v) is 7.68. The number of unbranched alkanes of at least 4 members (excludes halogenated alkanes) is 1. The first-order valence-electron chi connectivity index (χ1n) is 7.68. The highest BCUT2D eigenvalue weighted by atomic mass is 16.5. The summed E-state index contributed by atoms with van der Waals surface area (Å²) < 4.78 is 10.9. The SMILES string of the molecule is CCCCOCCCNc1nc(NC)nc(OCCC)n1. The summed E-state index contributed by atoms with van der Waals surface area (Å²) in [7, 11) is 1.77. The van der Waals surface area contributed by atoms with Gasteiger partial charge in [0.05, 0.1) is 6.61 Å². The smallest absolute Gasteiger partial charge is 0.323 e. The second-order valence-electron chi connectivity index (χ2n) is 4.61. The maximum absolute atomic E-state index is 5.50. The van der Waals surface area contributed by atoms with Crippen LogP contribution in [0.3, 0.4) is 0 Å². The molecule has 0 aliphatic carbocycles. The van der Waals surface area contributed by atoms with Gasteiger partial charge in [-0.05, 0) is 19.3 Å². The van der Waals surface area contributed by atoms with Crippen molar-refractivity contribution < 1.29 is 9.47 Å². The molecule has 0 spiro atoms. The Labute approximate surface area is 126 Å².